The summed E-state index contributed by atoms with van der Waals surface area (Å²) in [7, 11) is 0. The second-order valence-corrected chi connectivity index (χ2v) is 15.9. The van der Waals surface area contributed by atoms with Crippen LogP contribution in [0.5, 0.6) is 0 Å². The lowest BCUT2D eigenvalue weighted by Gasteiger charge is -2.27. The highest BCUT2D eigenvalue weighted by Crippen LogP contribution is 2.53. The van der Waals surface area contributed by atoms with Crippen molar-refractivity contribution >= 4 is 60.6 Å². The average Bonchev–Trinajstić information content (AvgIpc) is 4.03. The third kappa shape index (κ3) is 4.60. The van der Waals surface area contributed by atoms with Crippen LogP contribution in [0.3, 0.4) is 0 Å². The first-order valence-electron chi connectivity index (χ1n) is 20.7. The lowest BCUT2D eigenvalue weighted by molar-refractivity contribution is 1.01. The molecule has 4 nitrogen and oxygen atoms in total. The van der Waals surface area contributed by atoms with Crippen LogP contribution in [0.4, 0.5) is 0 Å². The summed E-state index contributed by atoms with van der Waals surface area (Å²) in [5.41, 5.74) is 18.2. The quantitative estimate of drug-likeness (QED) is 0.172. The van der Waals surface area contributed by atoms with Crippen molar-refractivity contribution in [1.82, 2.24) is 13.7 Å². The van der Waals surface area contributed by atoms with Gasteiger partial charge in [0.2, 0.25) is 0 Å². The van der Waals surface area contributed by atoms with E-state index in [1.807, 2.05) is 0 Å². The van der Waals surface area contributed by atoms with Crippen molar-refractivity contribution in [3.63, 3.8) is 0 Å². The number of nitrogens with zero attached hydrogens (tertiary/aromatic N) is 4. The predicted octanol–water partition coefficient (Wildman–Crippen LogP) is 14.3. The Labute approximate surface area is 347 Å². The number of aromatic nitrogens is 3. The van der Waals surface area contributed by atoms with Crippen LogP contribution < -0.4 is 0 Å². The van der Waals surface area contributed by atoms with Gasteiger partial charge in [-0.25, -0.2) is 0 Å². The Bertz CT molecular complexity index is 3550. The standard InChI is InChI=1S/C56H38N4/c1-3-18-47-35(2)37-21-7-12-28-48(37)58(47)54-46(34-57)45-33-44-38(36-19-5-4-6-20-36)26-17-27-43(44)53(45)55(59-49-29-13-8-22-39(49)40-23-9-14-30-50(40)59)56(54)60-51-31-15-10-24-41(51)42-25-11-16-32-52(42)60/h3-32H,33H2,1-2H3/b18-3-. The van der Waals surface area contributed by atoms with Crippen molar-refractivity contribution in [2.45, 2.75) is 20.3 Å². The van der Waals surface area contributed by atoms with Crippen molar-refractivity contribution in [3.8, 4) is 45.4 Å². The minimum atomic E-state index is 0.625. The molecule has 0 bridgehead atoms. The van der Waals surface area contributed by atoms with E-state index >= 15 is 0 Å². The van der Waals surface area contributed by atoms with Crippen molar-refractivity contribution in [3.05, 3.63) is 204 Å². The Balaban J connectivity index is 1.40. The lowest BCUT2D eigenvalue weighted by Crippen LogP contribution is -2.14. The van der Waals surface area contributed by atoms with Gasteiger partial charge in [0.15, 0.2) is 0 Å². The van der Waals surface area contributed by atoms with Gasteiger partial charge < -0.3 is 13.7 Å². The van der Waals surface area contributed by atoms with E-state index in [-0.39, 0.29) is 0 Å². The fraction of sp³-hybridized carbons (Fsp3) is 0.0536. The zero-order valence-corrected chi connectivity index (χ0v) is 33.3. The summed E-state index contributed by atoms with van der Waals surface area (Å²) in [5, 5.41) is 17.8. The number of aryl methyl sites for hydroxylation is 1. The summed E-state index contributed by atoms with van der Waals surface area (Å²) in [6.07, 6.45) is 4.95. The second-order valence-electron chi connectivity index (χ2n) is 15.9. The summed E-state index contributed by atoms with van der Waals surface area (Å²) in [6.45, 7) is 4.29. The third-order valence-corrected chi connectivity index (χ3v) is 12.9. The van der Waals surface area contributed by atoms with Gasteiger partial charge in [0, 0.05) is 44.6 Å². The van der Waals surface area contributed by atoms with E-state index in [0.29, 0.717) is 12.0 Å². The van der Waals surface area contributed by atoms with Crippen molar-refractivity contribution in [2.24, 2.45) is 0 Å². The van der Waals surface area contributed by atoms with Crippen LogP contribution in [0.25, 0.3) is 99.9 Å². The number of para-hydroxylation sites is 5. The topological polar surface area (TPSA) is 38.6 Å². The van der Waals surface area contributed by atoms with Crippen molar-refractivity contribution < 1.29 is 0 Å². The highest BCUT2D eigenvalue weighted by Gasteiger charge is 2.37. The fourth-order valence-electron chi connectivity index (χ4n) is 10.4. The largest absolute Gasteiger partial charge is 0.306 e. The molecule has 3 aromatic heterocycles. The molecule has 3 heterocycles. The number of benzene rings is 8. The van der Waals surface area contributed by atoms with Crippen LogP contribution in [-0.4, -0.2) is 13.7 Å². The molecule has 0 fully saturated rings. The number of fused-ring (bicyclic) bond motifs is 10. The molecule has 0 amide bonds. The van der Waals surface area contributed by atoms with Gasteiger partial charge in [0.1, 0.15) is 6.07 Å². The minimum absolute atomic E-state index is 0.625. The molecule has 0 N–H and O–H groups in total. The van der Waals surface area contributed by atoms with Crippen LogP contribution in [0.1, 0.15) is 34.9 Å². The van der Waals surface area contributed by atoms with E-state index in [4.69, 9.17) is 0 Å². The molecule has 0 atom stereocenters. The molecule has 8 aromatic carbocycles. The maximum Gasteiger partial charge on any atom is 0.102 e. The molecule has 0 unspecified atom stereocenters. The highest BCUT2D eigenvalue weighted by molar-refractivity contribution is 6.14. The molecule has 11 aromatic rings. The molecule has 0 saturated heterocycles. The second kappa shape index (κ2) is 13.1. The Morgan fingerprint density at radius 3 is 1.47 bits per heavy atom. The molecule has 4 heteroatoms. The van der Waals surface area contributed by atoms with E-state index in [2.05, 4.69) is 216 Å². The SMILES string of the molecule is C/C=C\c1c(C)c2ccccc2n1-c1c(C#N)c2c(c(-n3c4ccccc4c4ccccc43)c1-n1c3ccccc3c3ccccc31)-c1cccc(-c3ccccc3)c1C2. The van der Waals surface area contributed by atoms with Crippen LogP contribution in [0.15, 0.2) is 176 Å². The summed E-state index contributed by atoms with van der Waals surface area (Å²) < 4.78 is 7.36. The zero-order valence-electron chi connectivity index (χ0n) is 33.3. The maximum atomic E-state index is 11.9. The van der Waals surface area contributed by atoms with Crippen molar-refractivity contribution in [1.29, 1.82) is 5.26 Å². The molecule has 0 spiro atoms. The normalized spacial score (nSPS) is 12.3. The summed E-state index contributed by atoms with van der Waals surface area (Å²) in [6, 6.07) is 64.0. The van der Waals surface area contributed by atoms with Gasteiger partial charge in [-0.2, -0.15) is 5.26 Å². The Morgan fingerprint density at radius 1 is 0.467 bits per heavy atom. The van der Waals surface area contributed by atoms with Gasteiger partial charge in [0.25, 0.3) is 0 Å². The number of rotatable bonds is 5. The summed E-state index contributed by atoms with van der Waals surface area (Å²) >= 11 is 0. The molecular weight excluding hydrogens is 729 g/mol. The highest BCUT2D eigenvalue weighted by atomic mass is 15.1. The Hall–Kier alpha value is -7.87. The van der Waals surface area contributed by atoms with E-state index in [1.54, 1.807) is 0 Å². The molecule has 1 aliphatic rings. The van der Waals surface area contributed by atoms with Crippen LogP contribution >= 0.6 is 0 Å². The fourth-order valence-corrected chi connectivity index (χ4v) is 10.4. The summed E-state index contributed by atoms with van der Waals surface area (Å²) in [4.78, 5) is 0. The molecule has 1 aliphatic carbocycles. The first-order chi connectivity index (χ1) is 29.7. The number of allylic oxidation sites excluding steroid dienone is 1. The van der Waals surface area contributed by atoms with Gasteiger partial charge in [-0.1, -0.05) is 146 Å². The molecule has 12 rings (SSSR count). The van der Waals surface area contributed by atoms with Gasteiger partial charge >= 0.3 is 0 Å². The number of hydrogen-bond donors (Lipinski definition) is 0. The lowest BCUT2D eigenvalue weighted by atomic mass is 9.94. The van der Waals surface area contributed by atoms with Crippen LogP contribution in [-0.2, 0) is 6.42 Å². The van der Waals surface area contributed by atoms with E-state index in [0.717, 1.165) is 72.4 Å². The number of hydrogen-bond acceptors (Lipinski definition) is 1. The first-order valence-corrected chi connectivity index (χ1v) is 20.7. The van der Waals surface area contributed by atoms with Gasteiger partial charge in [-0.15, -0.1) is 0 Å². The number of nitriles is 1. The summed E-state index contributed by atoms with van der Waals surface area (Å²) in [5.74, 6) is 0. The van der Waals surface area contributed by atoms with Crippen LogP contribution in [0, 0.1) is 18.3 Å². The smallest absolute Gasteiger partial charge is 0.102 e. The van der Waals surface area contributed by atoms with Gasteiger partial charge in [-0.05, 0) is 83.6 Å². The maximum absolute atomic E-state index is 11.9. The molecule has 0 radical (unpaired) electrons. The molecule has 60 heavy (non-hydrogen) atoms. The van der Waals surface area contributed by atoms with E-state index < -0.39 is 0 Å². The molecule has 282 valence electrons. The zero-order chi connectivity index (χ0) is 40.1. The van der Waals surface area contributed by atoms with Gasteiger partial charge in [0.05, 0.1) is 50.2 Å². The van der Waals surface area contributed by atoms with Gasteiger partial charge in [-0.3, -0.25) is 0 Å². The average molecular weight is 767 g/mol. The monoisotopic (exact) mass is 766 g/mol. The first kappa shape index (κ1) is 34.2. The predicted molar refractivity (Wildman–Crippen MR) is 250 cm³/mol. The van der Waals surface area contributed by atoms with E-state index in [1.165, 1.54) is 43.8 Å². The Kier molecular flexibility index (Phi) is 7.45. The molecule has 0 saturated carbocycles. The Morgan fingerprint density at radius 2 is 0.933 bits per heavy atom. The molecule has 0 aliphatic heterocycles. The van der Waals surface area contributed by atoms with Crippen molar-refractivity contribution in [2.75, 3.05) is 0 Å². The third-order valence-electron chi connectivity index (χ3n) is 12.9. The van der Waals surface area contributed by atoms with E-state index in [9.17, 15) is 5.26 Å². The minimum Gasteiger partial charge on any atom is -0.306 e. The molecular formula is C56H38N4. The van der Waals surface area contributed by atoms with Crippen LogP contribution in [0.2, 0.25) is 0 Å².